The fourth-order valence-corrected chi connectivity index (χ4v) is 0.446. The minimum Gasteiger partial charge on any atom is -0.353 e. The zero-order valence-electron chi connectivity index (χ0n) is 5.93. The number of carbonyl (C=O) groups is 3. The van der Waals surface area contributed by atoms with Gasteiger partial charge < -0.3 is 5.32 Å². The highest BCUT2D eigenvalue weighted by molar-refractivity contribution is 6.39. The summed E-state index contributed by atoms with van der Waals surface area (Å²) in [5.74, 6) is -1.70. The lowest BCUT2D eigenvalue weighted by Crippen LogP contribution is -2.28. The number of hydrogen-bond acceptors (Lipinski definition) is 3. The highest BCUT2D eigenvalue weighted by Gasteiger charge is 2.12. The molecule has 4 nitrogen and oxygen atoms in total. The third kappa shape index (κ3) is 2.96. The molecular formula is C6H9NO3. The van der Waals surface area contributed by atoms with Gasteiger partial charge in [-0.25, -0.2) is 0 Å². The average molecular weight is 143 g/mol. The zero-order chi connectivity index (χ0) is 8.15. The minimum atomic E-state index is -0.713. The van der Waals surface area contributed by atoms with Gasteiger partial charge in [0.2, 0.25) is 5.78 Å². The second-order valence-electron chi connectivity index (χ2n) is 1.88. The van der Waals surface area contributed by atoms with E-state index in [0.29, 0.717) is 0 Å². The molecule has 4 heteroatoms. The van der Waals surface area contributed by atoms with Crippen LogP contribution in [0.15, 0.2) is 0 Å². The monoisotopic (exact) mass is 143 g/mol. The lowest BCUT2D eigenvalue weighted by atomic mass is 10.2. The van der Waals surface area contributed by atoms with E-state index >= 15 is 0 Å². The highest BCUT2D eigenvalue weighted by atomic mass is 16.2. The predicted molar refractivity (Wildman–Crippen MR) is 34.4 cm³/mol. The van der Waals surface area contributed by atoms with Crippen LogP contribution in [0.2, 0.25) is 0 Å². The SMILES string of the molecule is CNC(=O)C(=O)CC(C)=O. The molecule has 0 aromatic carbocycles. The Kier molecular flexibility index (Phi) is 3.32. The second-order valence-corrected chi connectivity index (χ2v) is 1.88. The Balaban J connectivity index is 3.86. The van der Waals surface area contributed by atoms with Crippen LogP contribution >= 0.6 is 0 Å². The molecule has 0 heterocycles. The number of ketones is 2. The molecule has 0 unspecified atom stereocenters. The summed E-state index contributed by atoms with van der Waals surface area (Å²) < 4.78 is 0. The van der Waals surface area contributed by atoms with Gasteiger partial charge in [0.15, 0.2) is 0 Å². The lowest BCUT2D eigenvalue weighted by Gasteiger charge is -1.93. The molecule has 0 fully saturated rings. The maximum absolute atomic E-state index is 10.6. The van der Waals surface area contributed by atoms with Crippen molar-refractivity contribution in [1.29, 1.82) is 0 Å². The normalized spacial score (nSPS) is 8.60. The van der Waals surface area contributed by atoms with E-state index in [-0.39, 0.29) is 12.2 Å². The largest absolute Gasteiger partial charge is 0.353 e. The van der Waals surface area contributed by atoms with Crippen LogP contribution in [0.5, 0.6) is 0 Å². The third-order valence-electron chi connectivity index (χ3n) is 0.890. The van der Waals surface area contributed by atoms with Crippen molar-refractivity contribution < 1.29 is 14.4 Å². The Hall–Kier alpha value is -1.19. The smallest absolute Gasteiger partial charge is 0.287 e. The van der Waals surface area contributed by atoms with E-state index < -0.39 is 11.7 Å². The van der Waals surface area contributed by atoms with Crippen molar-refractivity contribution in [3.63, 3.8) is 0 Å². The molecule has 1 N–H and O–H groups in total. The van der Waals surface area contributed by atoms with Crippen molar-refractivity contribution in [3.05, 3.63) is 0 Å². The quantitative estimate of drug-likeness (QED) is 0.419. The molecule has 0 aromatic heterocycles. The van der Waals surface area contributed by atoms with Gasteiger partial charge in [0, 0.05) is 7.05 Å². The number of Topliss-reactive ketones (excluding diaryl/α,β-unsaturated/α-hetero) is 2. The first kappa shape index (κ1) is 8.81. The van der Waals surface area contributed by atoms with Crippen LogP contribution in [0, 0.1) is 0 Å². The van der Waals surface area contributed by atoms with E-state index in [1.807, 2.05) is 0 Å². The molecule has 0 aromatic rings. The summed E-state index contributed by atoms with van der Waals surface area (Å²) >= 11 is 0. The van der Waals surface area contributed by atoms with Gasteiger partial charge in [-0.1, -0.05) is 0 Å². The number of rotatable bonds is 3. The molecule has 0 rings (SSSR count). The Bertz CT molecular complexity index is 174. The maximum atomic E-state index is 10.6. The van der Waals surface area contributed by atoms with Crippen LogP contribution in [0.1, 0.15) is 13.3 Å². The van der Waals surface area contributed by atoms with Crippen molar-refractivity contribution in [2.24, 2.45) is 0 Å². The first-order chi connectivity index (χ1) is 4.57. The van der Waals surface area contributed by atoms with Gasteiger partial charge in [-0.05, 0) is 6.92 Å². The van der Waals surface area contributed by atoms with Crippen LogP contribution in [0.25, 0.3) is 0 Å². The molecule has 0 radical (unpaired) electrons. The number of carbonyl (C=O) groups excluding carboxylic acids is 3. The molecule has 10 heavy (non-hydrogen) atoms. The molecule has 0 saturated heterocycles. The molecule has 0 saturated carbocycles. The van der Waals surface area contributed by atoms with Gasteiger partial charge in [-0.3, -0.25) is 14.4 Å². The number of hydrogen-bond donors (Lipinski definition) is 1. The summed E-state index contributed by atoms with van der Waals surface area (Å²) in [4.78, 5) is 31.3. The topological polar surface area (TPSA) is 63.2 Å². The van der Waals surface area contributed by atoms with Crippen LogP contribution in [0.3, 0.4) is 0 Å². The van der Waals surface area contributed by atoms with Crippen molar-refractivity contribution in [2.75, 3.05) is 7.05 Å². The molecule has 0 bridgehead atoms. The predicted octanol–water partition coefficient (Wildman–Crippen LogP) is -0.719. The fourth-order valence-electron chi connectivity index (χ4n) is 0.446. The number of nitrogens with one attached hydrogen (secondary N) is 1. The Morgan fingerprint density at radius 1 is 1.30 bits per heavy atom. The van der Waals surface area contributed by atoms with E-state index in [0.717, 1.165) is 0 Å². The molecule has 0 atom stereocenters. The first-order valence-electron chi connectivity index (χ1n) is 2.82. The van der Waals surface area contributed by atoms with Crippen LogP contribution in [-0.2, 0) is 14.4 Å². The molecule has 56 valence electrons. The van der Waals surface area contributed by atoms with Crippen LogP contribution in [0.4, 0.5) is 0 Å². The summed E-state index contributed by atoms with van der Waals surface area (Å²) in [5, 5.41) is 2.13. The van der Waals surface area contributed by atoms with E-state index in [9.17, 15) is 14.4 Å². The van der Waals surface area contributed by atoms with Gasteiger partial charge >= 0.3 is 0 Å². The standard InChI is InChI=1S/C6H9NO3/c1-4(8)3-5(9)6(10)7-2/h3H2,1-2H3,(H,7,10). The molecule has 0 aliphatic rings. The van der Waals surface area contributed by atoms with Gasteiger partial charge in [0.05, 0.1) is 6.42 Å². The van der Waals surface area contributed by atoms with Crippen LogP contribution in [-0.4, -0.2) is 24.5 Å². The Morgan fingerprint density at radius 2 is 1.80 bits per heavy atom. The molecular weight excluding hydrogens is 134 g/mol. The Morgan fingerprint density at radius 3 is 2.10 bits per heavy atom. The third-order valence-corrected chi connectivity index (χ3v) is 0.890. The molecule has 0 aliphatic heterocycles. The van der Waals surface area contributed by atoms with Gasteiger partial charge in [0.1, 0.15) is 5.78 Å². The summed E-state index contributed by atoms with van der Waals surface area (Å²) in [7, 11) is 1.35. The summed E-state index contributed by atoms with van der Waals surface area (Å²) in [6, 6.07) is 0. The summed E-state index contributed by atoms with van der Waals surface area (Å²) in [5.41, 5.74) is 0. The van der Waals surface area contributed by atoms with Gasteiger partial charge in [-0.2, -0.15) is 0 Å². The maximum Gasteiger partial charge on any atom is 0.287 e. The second kappa shape index (κ2) is 3.76. The number of likely N-dealkylation sites (N-methyl/N-ethyl adjacent to an activating group) is 1. The van der Waals surface area contributed by atoms with E-state index in [1.165, 1.54) is 14.0 Å². The summed E-state index contributed by atoms with van der Waals surface area (Å²) in [6.45, 7) is 1.26. The van der Waals surface area contributed by atoms with Crippen molar-refractivity contribution in [3.8, 4) is 0 Å². The fraction of sp³-hybridized carbons (Fsp3) is 0.500. The Labute approximate surface area is 58.6 Å². The zero-order valence-corrected chi connectivity index (χ0v) is 5.93. The average Bonchev–Trinajstić information content (AvgIpc) is 1.85. The van der Waals surface area contributed by atoms with Crippen molar-refractivity contribution in [1.82, 2.24) is 5.32 Å². The number of amides is 1. The minimum absolute atomic E-state index is 0.298. The van der Waals surface area contributed by atoms with Crippen molar-refractivity contribution in [2.45, 2.75) is 13.3 Å². The van der Waals surface area contributed by atoms with Crippen LogP contribution < -0.4 is 5.32 Å². The lowest BCUT2D eigenvalue weighted by molar-refractivity contribution is -0.139. The molecule has 0 spiro atoms. The van der Waals surface area contributed by atoms with Gasteiger partial charge in [0.25, 0.3) is 5.91 Å². The first-order valence-corrected chi connectivity index (χ1v) is 2.82. The summed E-state index contributed by atoms with van der Waals surface area (Å²) in [6.07, 6.45) is -0.306. The molecule has 0 aliphatic carbocycles. The van der Waals surface area contributed by atoms with E-state index in [4.69, 9.17) is 0 Å². The van der Waals surface area contributed by atoms with Gasteiger partial charge in [-0.15, -0.1) is 0 Å². The van der Waals surface area contributed by atoms with E-state index in [1.54, 1.807) is 0 Å². The molecule has 1 amide bonds. The van der Waals surface area contributed by atoms with Crippen molar-refractivity contribution >= 4 is 17.5 Å². The highest BCUT2D eigenvalue weighted by Crippen LogP contribution is 1.83. The van der Waals surface area contributed by atoms with E-state index in [2.05, 4.69) is 5.32 Å².